The number of para-hydroxylation sites is 2. The molecule has 0 unspecified atom stereocenters. The Hall–Kier alpha value is -2.47. The molecule has 0 aliphatic rings. The maximum Gasteiger partial charge on any atom is 0.241 e. The number of amides is 1. The molecule has 0 saturated carbocycles. The fourth-order valence-electron chi connectivity index (χ4n) is 2.38. The van der Waals surface area contributed by atoms with Crippen molar-refractivity contribution in [3.05, 3.63) is 59.7 Å². The molecule has 2 N–H and O–H groups in total. The summed E-state index contributed by atoms with van der Waals surface area (Å²) in [6, 6.07) is 9.40. The van der Waals surface area contributed by atoms with E-state index < -0.39 is 23.7 Å². The topological polar surface area (TPSA) is 50.4 Å². The van der Waals surface area contributed by atoms with E-state index in [1.54, 1.807) is 38.1 Å². The normalized spacial score (nSPS) is 13.2. The van der Waals surface area contributed by atoms with Gasteiger partial charge in [-0.1, -0.05) is 18.2 Å². The zero-order chi connectivity index (χ0) is 17.7. The van der Waals surface area contributed by atoms with Crippen LogP contribution < -0.4 is 15.4 Å². The lowest BCUT2D eigenvalue weighted by atomic mass is 10.1. The number of benzene rings is 2. The van der Waals surface area contributed by atoms with Crippen LogP contribution >= 0.6 is 0 Å². The number of halogens is 2. The quantitative estimate of drug-likeness (QED) is 0.848. The SMILES string of the molecule is COc1ccccc1NC(=O)[C@@H](C)N[C@@H](C)c1ccc(F)cc1F. The van der Waals surface area contributed by atoms with Gasteiger partial charge in [0.1, 0.15) is 17.4 Å². The summed E-state index contributed by atoms with van der Waals surface area (Å²) in [5.74, 6) is -1.01. The molecule has 0 aromatic heterocycles. The van der Waals surface area contributed by atoms with E-state index in [0.717, 1.165) is 6.07 Å². The van der Waals surface area contributed by atoms with Crippen LogP contribution in [0.1, 0.15) is 25.5 Å². The first-order chi connectivity index (χ1) is 11.4. The third-order valence-corrected chi connectivity index (χ3v) is 3.69. The molecule has 2 rings (SSSR count). The molecule has 0 bridgehead atoms. The lowest BCUT2D eigenvalue weighted by Crippen LogP contribution is -2.39. The Kier molecular flexibility index (Phi) is 5.87. The highest BCUT2D eigenvalue weighted by atomic mass is 19.1. The first kappa shape index (κ1) is 17.9. The molecule has 0 heterocycles. The van der Waals surface area contributed by atoms with Gasteiger partial charge in [0, 0.05) is 17.7 Å². The zero-order valence-electron chi connectivity index (χ0n) is 13.8. The molecule has 0 aliphatic carbocycles. The van der Waals surface area contributed by atoms with E-state index in [-0.39, 0.29) is 5.91 Å². The standard InChI is InChI=1S/C18H20F2N2O2/c1-11(14-9-8-13(19)10-15(14)20)21-12(2)18(23)22-16-6-4-5-7-17(16)24-3/h4-12,21H,1-3H3,(H,22,23)/t11-,12+/m0/s1. The third-order valence-electron chi connectivity index (χ3n) is 3.69. The Bertz CT molecular complexity index is 722. The number of carbonyl (C=O) groups is 1. The zero-order valence-corrected chi connectivity index (χ0v) is 13.8. The maximum absolute atomic E-state index is 13.8. The van der Waals surface area contributed by atoms with Crippen LogP contribution in [0.15, 0.2) is 42.5 Å². The van der Waals surface area contributed by atoms with Crippen LogP contribution in [0, 0.1) is 11.6 Å². The highest BCUT2D eigenvalue weighted by molar-refractivity contribution is 5.95. The van der Waals surface area contributed by atoms with Crippen LogP contribution in [-0.2, 0) is 4.79 Å². The summed E-state index contributed by atoms with van der Waals surface area (Å²) in [7, 11) is 1.52. The predicted molar refractivity (Wildman–Crippen MR) is 89.0 cm³/mol. The number of ether oxygens (including phenoxy) is 1. The van der Waals surface area contributed by atoms with Gasteiger partial charge in [-0.25, -0.2) is 8.78 Å². The highest BCUT2D eigenvalue weighted by Crippen LogP contribution is 2.23. The predicted octanol–water partition coefficient (Wildman–Crippen LogP) is 3.65. The van der Waals surface area contributed by atoms with Gasteiger partial charge in [-0.15, -0.1) is 0 Å². The second-order valence-corrected chi connectivity index (χ2v) is 5.47. The van der Waals surface area contributed by atoms with Gasteiger partial charge in [0.15, 0.2) is 0 Å². The summed E-state index contributed by atoms with van der Waals surface area (Å²) in [6.07, 6.45) is 0. The minimum atomic E-state index is -0.646. The van der Waals surface area contributed by atoms with E-state index in [0.29, 0.717) is 17.0 Å². The summed E-state index contributed by atoms with van der Waals surface area (Å²) in [5, 5.41) is 5.76. The van der Waals surface area contributed by atoms with E-state index in [4.69, 9.17) is 4.74 Å². The van der Waals surface area contributed by atoms with Crippen LogP contribution in [0.25, 0.3) is 0 Å². The van der Waals surface area contributed by atoms with Crippen molar-refractivity contribution < 1.29 is 18.3 Å². The monoisotopic (exact) mass is 334 g/mol. The molecule has 6 heteroatoms. The lowest BCUT2D eigenvalue weighted by molar-refractivity contribution is -0.118. The van der Waals surface area contributed by atoms with Gasteiger partial charge in [0.25, 0.3) is 0 Å². The molecule has 2 aromatic rings. The van der Waals surface area contributed by atoms with Gasteiger partial charge in [0.05, 0.1) is 18.8 Å². The summed E-state index contributed by atoms with van der Waals surface area (Å²) in [4.78, 5) is 12.3. The molecule has 128 valence electrons. The minimum Gasteiger partial charge on any atom is -0.495 e. The Labute approximate surface area is 139 Å². The van der Waals surface area contributed by atoms with Gasteiger partial charge in [0.2, 0.25) is 5.91 Å². The third kappa shape index (κ3) is 4.29. The number of hydrogen-bond donors (Lipinski definition) is 2. The van der Waals surface area contributed by atoms with Crippen LogP contribution in [0.4, 0.5) is 14.5 Å². The highest BCUT2D eigenvalue weighted by Gasteiger charge is 2.19. The van der Waals surface area contributed by atoms with Crippen LogP contribution in [-0.4, -0.2) is 19.1 Å². The molecule has 0 saturated heterocycles. The summed E-state index contributed by atoms with van der Waals surface area (Å²) in [5.41, 5.74) is 0.854. The van der Waals surface area contributed by atoms with E-state index >= 15 is 0 Å². The van der Waals surface area contributed by atoms with Crippen LogP contribution in [0.3, 0.4) is 0 Å². The van der Waals surface area contributed by atoms with Gasteiger partial charge in [-0.2, -0.15) is 0 Å². The fraction of sp³-hybridized carbons (Fsp3) is 0.278. The van der Waals surface area contributed by atoms with Crippen molar-refractivity contribution in [1.82, 2.24) is 5.32 Å². The van der Waals surface area contributed by atoms with Crippen LogP contribution in [0.5, 0.6) is 5.75 Å². The van der Waals surface area contributed by atoms with E-state index in [1.807, 2.05) is 0 Å². The van der Waals surface area contributed by atoms with E-state index in [2.05, 4.69) is 10.6 Å². The minimum absolute atomic E-state index is 0.283. The second-order valence-electron chi connectivity index (χ2n) is 5.47. The molecule has 24 heavy (non-hydrogen) atoms. The number of methoxy groups -OCH3 is 1. The van der Waals surface area contributed by atoms with E-state index in [1.165, 1.54) is 19.2 Å². The average Bonchev–Trinajstić information content (AvgIpc) is 2.55. The molecule has 0 radical (unpaired) electrons. The van der Waals surface area contributed by atoms with Gasteiger partial charge in [-0.3, -0.25) is 10.1 Å². The summed E-state index contributed by atoms with van der Waals surface area (Å²) < 4.78 is 32.0. The van der Waals surface area contributed by atoms with Gasteiger partial charge in [-0.05, 0) is 32.0 Å². The number of anilines is 1. The molecule has 1 amide bonds. The Balaban J connectivity index is 2.03. The van der Waals surface area contributed by atoms with E-state index in [9.17, 15) is 13.6 Å². The number of hydrogen-bond acceptors (Lipinski definition) is 3. The first-order valence-corrected chi connectivity index (χ1v) is 7.57. The second kappa shape index (κ2) is 7.88. The average molecular weight is 334 g/mol. The van der Waals surface area contributed by atoms with Crippen molar-refractivity contribution in [2.45, 2.75) is 25.9 Å². The molecule has 0 fully saturated rings. The van der Waals surface area contributed by atoms with Crippen molar-refractivity contribution in [1.29, 1.82) is 0 Å². The molecular formula is C18H20F2N2O2. The van der Waals surface area contributed by atoms with Gasteiger partial charge < -0.3 is 10.1 Å². The van der Waals surface area contributed by atoms with Crippen molar-refractivity contribution in [3.8, 4) is 5.75 Å². The number of nitrogens with one attached hydrogen (secondary N) is 2. The smallest absolute Gasteiger partial charge is 0.241 e. The molecule has 4 nitrogen and oxygen atoms in total. The van der Waals surface area contributed by atoms with Crippen molar-refractivity contribution in [2.75, 3.05) is 12.4 Å². The Morgan fingerprint density at radius 1 is 1.12 bits per heavy atom. The largest absolute Gasteiger partial charge is 0.495 e. The van der Waals surface area contributed by atoms with Crippen LogP contribution in [0.2, 0.25) is 0 Å². The maximum atomic E-state index is 13.8. The molecular weight excluding hydrogens is 314 g/mol. The summed E-state index contributed by atoms with van der Waals surface area (Å²) >= 11 is 0. The molecule has 0 aliphatic heterocycles. The molecule has 0 spiro atoms. The number of carbonyl (C=O) groups excluding carboxylic acids is 1. The van der Waals surface area contributed by atoms with Crippen molar-refractivity contribution >= 4 is 11.6 Å². The fourth-order valence-corrected chi connectivity index (χ4v) is 2.38. The van der Waals surface area contributed by atoms with Crippen molar-refractivity contribution in [2.24, 2.45) is 0 Å². The number of rotatable bonds is 6. The summed E-state index contributed by atoms with van der Waals surface area (Å²) in [6.45, 7) is 3.38. The molecule has 2 atom stereocenters. The first-order valence-electron chi connectivity index (χ1n) is 7.57. The van der Waals surface area contributed by atoms with Gasteiger partial charge >= 0.3 is 0 Å². The molecule has 2 aromatic carbocycles. The Morgan fingerprint density at radius 3 is 2.50 bits per heavy atom. The van der Waals surface area contributed by atoms with Crippen molar-refractivity contribution in [3.63, 3.8) is 0 Å². The lowest BCUT2D eigenvalue weighted by Gasteiger charge is -2.21. The Morgan fingerprint density at radius 2 is 1.83 bits per heavy atom.